The van der Waals surface area contributed by atoms with Crippen LogP contribution in [0, 0.1) is 0 Å². The number of piperidine rings is 1. The second-order valence-corrected chi connectivity index (χ2v) is 12.3. The van der Waals surface area contributed by atoms with Crippen molar-refractivity contribution in [1.29, 1.82) is 0 Å². The van der Waals surface area contributed by atoms with Crippen molar-refractivity contribution in [2.75, 3.05) is 19.0 Å². The SMILES string of the molecule is COC(=O)c1sc(-c2ccccc2)cc1NC(=O)C1CCCCN1S(=O)(=O)c1ccc(Cl)s1. The smallest absolute Gasteiger partial charge is 0.350 e. The maximum absolute atomic E-state index is 13.3. The average molecular weight is 525 g/mol. The minimum Gasteiger partial charge on any atom is -0.465 e. The zero-order valence-corrected chi connectivity index (χ0v) is 20.8. The molecule has 2 aromatic heterocycles. The second kappa shape index (κ2) is 9.94. The summed E-state index contributed by atoms with van der Waals surface area (Å²) in [6.07, 6.45) is 1.76. The van der Waals surface area contributed by atoms with Gasteiger partial charge >= 0.3 is 5.97 Å². The van der Waals surface area contributed by atoms with Crippen molar-refractivity contribution in [2.45, 2.75) is 29.5 Å². The number of halogens is 1. The van der Waals surface area contributed by atoms with E-state index in [1.54, 1.807) is 6.07 Å². The molecule has 0 spiro atoms. The Morgan fingerprint density at radius 2 is 1.88 bits per heavy atom. The molecule has 1 aliphatic heterocycles. The number of hydrogen-bond donors (Lipinski definition) is 1. The summed E-state index contributed by atoms with van der Waals surface area (Å²) in [7, 11) is -2.60. The zero-order chi connectivity index (χ0) is 23.6. The lowest BCUT2D eigenvalue weighted by Gasteiger charge is -2.33. The minimum absolute atomic E-state index is 0.101. The zero-order valence-electron chi connectivity index (χ0n) is 17.6. The van der Waals surface area contributed by atoms with Crippen LogP contribution < -0.4 is 5.32 Å². The molecule has 1 N–H and O–H groups in total. The summed E-state index contributed by atoms with van der Waals surface area (Å²) in [4.78, 5) is 26.7. The summed E-state index contributed by atoms with van der Waals surface area (Å²) >= 11 is 8.11. The number of esters is 1. The molecule has 1 fully saturated rings. The van der Waals surface area contributed by atoms with Crippen molar-refractivity contribution >= 4 is 61.9 Å². The highest BCUT2D eigenvalue weighted by molar-refractivity contribution is 7.91. The molecular weight excluding hydrogens is 504 g/mol. The van der Waals surface area contributed by atoms with Crippen LogP contribution in [0.5, 0.6) is 0 Å². The van der Waals surface area contributed by atoms with Gasteiger partial charge in [0.2, 0.25) is 5.91 Å². The first-order chi connectivity index (χ1) is 15.8. The molecular formula is C22H21ClN2O5S3. The molecule has 0 saturated carbocycles. The molecule has 1 amide bonds. The maximum atomic E-state index is 13.3. The lowest BCUT2D eigenvalue weighted by Crippen LogP contribution is -2.49. The van der Waals surface area contributed by atoms with Crippen LogP contribution in [0.3, 0.4) is 0 Å². The number of nitrogens with one attached hydrogen (secondary N) is 1. The first-order valence-electron chi connectivity index (χ1n) is 10.2. The highest BCUT2D eigenvalue weighted by Gasteiger charge is 2.39. The molecule has 1 aliphatic rings. The molecule has 1 unspecified atom stereocenters. The van der Waals surface area contributed by atoms with Gasteiger partial charge in [0.25, 0.3) is 10.0 Å². The van der Waals surface area contributed by atoms with Gasteiger partial charge < -0.3 is 10.1 Å². The van der Waals surface area contributed by atoms with Crippen molar-refractivity contribution < 1.29 is 22.7 Å². The summed E-state index contributed by atoms with van der Waals surface area (Å²) < 4.78 is 33.0. The largest absolute Gasteiger partial charge is 0.465 e. The Bertz CT molecular complexity index is 1270. The number of hydrogen-bond acceptors (Lipinski definition) is 7. The topological polar surface area (TPSA) is 92.8 Å². The van der Waals surface area contributed by atoms with E-state index >= 15 is 0 Å². The Morgan fingerprint density at radius 3 is 2.55 bits per heavy atom. The number of carbonyl (C=O) groups is 2. The van der Waals surface area contributed by atoms with Gasteiger partial charge in [-0.15, -0.1) is 22.7 Å². The van der Waals surface area contributed by atoms with Crippen LogP contribution in [0.2, 0.25) is 4.34 Å². The van der Waals surface area contributed by atoms with Gasteiger partial charge in [0.1, 0.15) is 15.1 Å². The lowest BCUT2D eigenvalue weighted by molar-refractivity contribution is -0.120. The Balaban J connectivity index is 1.63. The Hall–Kier alpha value is -2.24. The van der Waals surface area contributed by atoms with Crippen LogP contribution in [-0.4, -0.2) is 44.3 Å². The molecule has 1 aromatic carbocycles. The molecule has 3 heterocycles. The van der Waals surface area contributed by atoms with Gasteiger partial charge in [0.15, 0.2) is 0 Å². The van der Waals surface area contributed by atoms with E-state index in [1.165, 1.54) is 34.9 Å². The van der Waals surface area contributed by atoms with Crippen LogP contribution >= 0.6 is 34.3 Å². The van der Waals surface area contributed by atoms with E-state index in [0.717, 1.165) is 28.2 Å². The van der Waals surface area contributed by atoms with E-state index in [9.17, 15) is 18.0 Å². The number of benzene rings is 1. The number of thiophene rings is 2. The predicted molar refractivity (Wildman–Crippen MR) is 131 cm³/mol. The summed E-state index contributed by atoms with van der Waals surface area (Å²) in [6.45, 7) is 0.235. The maximum Gasteiger partial charge on any atom is 0.350 e. The van der Waals surface area contributed by atoms with Crippen LogP contribution in [0.4, 0.5) is 5.69 Å². The standard InChI is InChI=1S/C22H21ClN2O5S3/c1-30-22(27)20-15(13-17(31-20)14-7-3-2-4-8-14)24-21(26)16-9-5-6-12-25(16)33(28,29)19-11-10-18(23)32-19/h2-4,7-8,10-11,13,16H,5-6,9,12H2,1H3,(H,24,26). The fourth-order valence-corrected chi connectivity index (χ4v) is 8.00. The van der Waals surface area contributed by atoms with Crippen LogP contribution in [0.1, 0.15) is 28.9 Å². The van der Waals surface area contributed by atoms with E-state index in [-0.39, 0.29) is 15.6 Å². The van der Waals surface area contributed by atoms with Gasteiger partial charge in [-0.25, -0.2) is 13.2 Å². The summed E-state index contributed by atoms with van der Waals surface area (Å²) in [6, 6.07) is 13.3. The predicted octanol–water partition coefficient (Wildman–Crippen LogP) is 5.10. The van der Waals surface area contributed by atoms with Crippen molar-refractivity contribution in [3.8, 4) is 10.4 Å². The number of sulfonamides is 1. The third-order valence-electron chi connectivity index (χ3n) is 5.29. The Morgan fingerprint density at radius 1 is 1.12 bits per heavy atom. The quantitative estimate of drug-likeness (QED) is 0.453. The Kier molecular flexibility index (Phi) is 7.20. The number of methoxy groups -OCH3 is 1. The van der Waals surface area contributed by atoms with Crippen molar-refractivity contribution in [3.05, 3.63) is 57.7 Å². The van der Waals surface area contributed by atoms with E-state index < -0.39 is 27.9 Å². The molecule has 1 atom stereocenters. The molecule has 174 valence electrons. The van der Waals surface area contributed by atoms with Crippen molar-refractivity contribution in [3.63, 3.8) is 0 Å². The molecule has 33 heavy (non-hydrogen) atoms. The number of amides is 1. The summed E-state index contributed by atoms with van der Waals surface area (Å²) in [5.74, 6) is -1.05. The summed E-state index contributed by atoms with van der Waals surface area (Å²) in [5, 5.41) is 2.79. The van der Waals surface area contributed by atoms with E-state index in [2.05, 4.69) is 5.32 Å². The molecule has 7 nitrogen and oxygen atoms in total. The molecule has 0 radical (unpaired) electrons. The van der Waals surface area contributed by atoms with Crippen molar-refractivity contribution in [1.82, 2.24) is 4.31 Å². The third kappa shape index (κ3) is 4.99. The molecule has 4 rings (SSSR count). The fourth-order valence-electron chi connectivity index (χ4n) is 3.70. The van der Waals surface area contributed by atoms with Crippen molar-refractivity contribution in [2.24, 2.45) is 0 Å². The molecule has 11 heteroatoms. The van der Waals surface area contributed by atoms with Crippen LogP contribution in [-0.2, 0) is 19.6 Å². The molecule has 0 aliphatic carbocycles. The minimum atomic E-state index is -3.88. The van der Waals surface area contributed by atoms with Gasteiger partial charge in [-0.3, -0.25) is 4.79 Å². The lowest BCUT2D eigenvalue weighted by atomic mass is 10.0. The number of nitrogens with zero attached hydrogens (tertiary/aromatic N) is 1. The number of carbonyl (C=O) groups excluding carboxylic acids is 2. The average Bonchev–Trinajstić information content (AvgIpc) is 3.46. The molecule has 0 bridgehead atoms. The van der Waals surface area contributed by atoms with Crippen LogP contribution in [0.15, 0.2) is 52.7 Å². The van der Waals surface area contributed by atoms with Gasteiger partial charge in [-0.1, -0.05) is 48.4 Å². The van der Waals surface area contributed by atoms with E-state index in [0.29, 0.717) is 22.9 Å². The van der Waals surface area contributed by atoms with Gasteiger partial charge in [0, 0.05) is 11.4 Å². The number of anilines is 1. The highest BCUT2D eigenvalue weighted by Crippen LogP contribution is 2.36. The number of rotatable bonds is 6. The first kappa shape index (κ1) is 23.9. The Labute approximate surface area is 205 Å². The van der Waals surface area contributed by atoms with E-state index in [4.69, 9.17) is 16.3 Å². The second-order valence-electron chi connectivity index (χ2n) is 7.39. The third-order valence-corrected chi connectivity index (χ3v) is 10.1. The fraction of sp³-hybridized carbons (Fsp3) is 0.273. The first-order valence-corrected chi connectivity index (χ1v) is 13.6. The van der Waals surface area contributed by atoms with Gasteiger partial charge in [-0.2, -0.15) is 4.31 Å². The number of ether oxygens (including phenoxy) is 1. The summed E-state index contributed by atoms with van der Waals surface area (Å²) in [5.41, 5.74) is 1.20. The highest BCUT2D eigenvalue weighted by atomic mass is 35.5. The van der Waals surface area contributed by atoms with Crippen LogP contribution in [0.25, 0.3) is 10.4 Å². The normalized spacial score (nSPS) is 17.0. The van der Waals surface area contributed by atoms with E-state index in [1.807, 2.05) is 30.3 Å². The molecule has 1 saturated heterocycles. The van der Waals surface area contributed by atoms with Gasteiger partial charge in [0.05, 0.1) is 17.1 Å². The monoisotopic (exact) mass is 524 g/mol. The molecule has 3 aromatic rings. The van der Waals surface area contributed by atoms with Gasteiger partial charge in [-0.05, 0) is 36.6 Å².